The van der Waals surface area contributed by atoms with Crippen LogP contribution in [0.2, 0.25) is 0 Å². The average molecular weight is 674 g/mol. The molecule has 2 amide bonds. The quantitative estimate of drug-likeness (QED) is 0.201. The molecule has 4 aromatic rings. The number of alkyl halides is 3. The molecule has 47 heavy (non-hydrogen) atoms. The number of pyridine rings is 1. The second kappa shape index (κ2) is 14.4. The van der Waals surface area contributed by atoms with E-state index in [4.69, 9.17) is 20.4 Å². The Labute approximate surface area is 267 Å². The summed E-state index contributed by atoms with van der Waals surface area (Å²) in [5, 5.41) is 17.6. The monoisotopic (exact) mass is 673 g/mol. The van der Waals surface area contributed by atoms with Gasteiger partial charge in [-0.15, -0.1) is 0 Å². The van der Waals surface area contributed by atoms with Gasteiger partial charge in [0.1, 0.15) is 11.9 Å². The largest absolute Gasteiger partial charge is 0.490 e. The van der Waals surface area contributed by atoms with Crippen LogP contribution in [0.1, 0.15) is 29.7 Å². The molecular weight excluding hydrogens is 643 g/mol. The van der Waals surface area contributed by atoms with Crippen LogP contribution in [0.25, 0.3) is 10.8 Å². The lowest BCUT2D eigenvalue weighted by Crippen LogP contribution is -2.33. The number of halogens is 3. The maximum atomic E-state index is 13.7. The summed E-state index contributed by atoms with van der Waals surface area (Å²) in [6, 6.07) is 18.5. The molecule has 0 aliphatic carbocycles. The van der Waals surface area contributed by atoms with Crippen LogP contribution >= 0.6 is 0 Å². The summed E-state index contributed by atoms with van der Waals surface area (Å²) < 4.78 is 62.6. The van der Waals surface area contributed by atoms with Crippen LogP contribution in [-0.2, 0) is 37.1 Å². The van der Waals surface area contributed by atoms with Crippen molar-refractivity contribution >= 4 is 55.8 Å². The number of nitrogens with one attached hydrogen (secondary N) is 3. The van der Waals surface area contributed by atoms with E-state index in [2.05, 4.69) is 20.9 Å². The van der Waals surface area contributed by atoms with Gasteiger partial charge in [-0.2, -0.15) is 13.2 Å². The molecule has 3 aromatic carbocycles. The number of anilines is 3. The van der Waals surface area contributed by atoms with Gasteiger partial charge in [-0.1, -0.05) is 31.2 Å². The number of fused-ring (bicyclic) bond motifs is 10. The van der Waals surface area contributed by atoms with Gasteiger partial charge in [-0.3, -0.25) is 10.1 Å². The molecule has 0 fully saturated rings. The molecule has 0 spiro atoms. The van der Waals surface area contributed by atoms with E-state index in [1.807, 2.05) is 48.5 Å². The summed E-state index contributed by atoms with van der Waals surface area (Å²) in [6.45, 7) is 1.63. The van der Waals surface area contributed by atoms with Crippen LogP contribution in [-0.4, -0.2) is 55.0 Å². The van der Waals surface area contributed by atoms with Gasteiger partial charge in [0, 0.05) is 35.9 Å². The van der Waals surface area contributed by atoms with Gasteiger partial charge in [0.05, 0.1) is 17.3 Å². The van der Waals surface area contributed by atoms with Crippen LogP contribution in [0.4, 0.5) is 35.2 Å². The number of aliphatic carboxylic acids is 1. The SMILES string of the molecule is CCS(=O)(=O)c1ccc2cc1CNC(=O)C(Nc1ccc3c(N)nccc3c1)c1ccc(cc1)CCOC(=O)N2.O=C(O)C(F)(F)F. The highest BCUT2D eigenvalue weighted by Gasteiger charge is 2.38. The lowest BCUT2D eigenvalue weighted by atomic mass is 10.0. The number of hydrogen-bond donors (Lipinski definition) is 5. The van der Waals surface area contributed by atoms with Crippen molar-refractivity contribution in [2.75, 3.05) is 28.7 Å². The summed E-state index contributed by atoms with van der Waals surface area (Å²) in [5.74, 6) is -2.80. The smallest absolute Gasteiger partial charge is 0.475 e. The predicted molar refractivity (Wildman–Crippen MR) is 167 cm³/mol. The summed E-state index contributed by atoms with van der Waals surface area (Å²) in [7, 11) is -3.60. The predicted octanol–water partition coefficient (Wildman–Crippen LogP) is 4.82. The fraction of sp³-hybridized carbons (Fsp3) is 0.226. The Morgan fingerprint density at radius 2 is 1.79 bits per heavy atom. The molecule has 0 saturated carbocycles. The van der Waals surface area contributed by atoms with Crippen LogP contribution in [0.3, 0.4) is 0 Å². The van der Waals surface area contributed by atoms with E-state index in [-0.39, 0.29) is 29.7 Å². The molecule has 1 atom stereocenters. The minimum atomic E-state index is -5.08. The van der Waals surface area contributed by atoms with Crippen LogP contribution < -0.4 is 21.7 Å². The number of sulfone groups is 1. The topological polar surface area (TPSA) is 190 Å². The van der Waals surface area contributed by atoms with Gasteiger partial charge >= 0.3 is 18.2 Å². The number of benzene rings is 3. The molecule has 1 aromatic heterocycles. The Kier molecular flexibility index (Phi) is 10.5. The van der Waals surface area contributed by atoms with E-state index < -0.39 is 34.1 Å². The van der Waals surface area contributed by atoms with Crippen LogP contribution in [0, 0.1) is 0 Å². The maximum absolute atomic E-state index is 13.7. The Bertz CT molecular complexity index is 1900. The van der Waals surface area contributed by atoms with Gasteiger partial charge in [0.25, 0.3) is 0 Å². The zero-order valence-corrected chi connectivity index (χ0v) is 25.6. The number of aromatic nitrogens is 1. The van der Waals surface area contributed by atoms with Gasteiger partial charge in [0.2, 0.25) is 5.91 Å². The minimum Gasteiger partial charge on any atom is -0.475 e. The molecule has 1 unspecified atom stereocenters. The van der Waals surface area contributed by atoms with Crippen molar-refractivity contribution in [3.8, 4) is 0 Å². The van der Waals surface area contributed by atoms with E-state index in [9.17, 15) is 31.2 Å². The molecule has 16 heteroatoms. The van der Waals surface area contributed by atoms with Gasteiger partial charge in [-0.05, 0) is 64.5 Å². The minimum absolute atomic E-state index is 0.0752. The summed E-state index contributed by atoms with van der Waals surface area (Å²) in [4.78, 5) is 39.1. The second-order valence-corrected chi connectivity index (χ2v) is 12.5. The number of rotatable bonds is 4. The van der Waals surface area contributed by atoms with Crippen molar-refractivity contribution in [2.24, 2.45) is 0 Å². The number of carboxylic acid groups (broad SMARTS) is 1. The zero-order chi connectivity index (χ0) is 34.4. The third-order valence-corrected chi connectivity index (χ3v) is 8.85. The molecular formula is C31H30F3N5O7S. The molecule has 6 N–H and O–H groups in total. The first kappa shape index (κ1) is 34.5. The van der Waals surface area contributed by atoms with Gasteiger partial charge in [0.15, 0.2) is 9.84 Å². The zero-order valence-electron chi connectivity index (χ0n) is 24.8. The second-order valence-electron chi connectivity index (χ2n) is 10.2. The van der Waals surface area contributed by atoms with Crippen LogP contribution in [0.5, 0.6) is 0 Å². The maximum Gasteiger partial charge on any atom is 0.490 e. The Morgan fingerprint density at radius 3 is 2.45 bits per heavy atom. The van der Waals surface area contributed by atoms with Crippen molar-refractivity contribution in [1.82, 2.24) is 10.3 Å². The fourth-order valence-electron chi connectivity index (χ4n) is 4.59. The standard InChI is InChI=1S/C29H29N5O5S.C2HF3O2/c1-2-40(37,38)25-10-8-23-16-21(25)17-32-28(35)26(19-5-3-18(4-6-19)12-14-39-29(36)34-23)33-22-7-9-24-20(15-22)11-13-31-27(24)30;3-2(4,5)1(6)7/h3-11,13,15-16,26,33H,2,12,14,17H2,1H3,(H2,30,31)(H,32,35)(H,34,36);(H,6,7). The van der Waals surface area contributed by atoms with Crippen LogP contribution in [0.15, 0.2) is 77.8 Å². The van der Waals surface area contributed by atoms with Crippen molar-refractivity contribution in [3.05, 3.63) is 89.6 Å². The van der Waals surface area contributed by atoms with Gasteiger partial charge in [-0.25, -0.2) is 23.0 Å². The highest BCUT2D eigenvalue weighted by atomic mass is 32.2. The Morgan fingerprint density at radius 1 is 1.09 bits per heavy atom. The highest BCUT2D eigenvalue weighted by Crippen LogP contribution is 2.27. The number of carbonyl (C=O) groups is 3. The van der Waals surface area contributed by atoms with E-state index in [1.165, 1.54) is 18.2 Å². The number of ether oxygens (including phenoxy) is 1. The number of carbonyl (C=O) groups excluding carboxylic acids is 2. The first-order valence-corrected chi connectivity index (χ1v) is 15.7. The summed E-state index contributed by atoms with van der Waals surface area (Å²) >= 11 is 0. The first-order chi connectivity index (χ1) is 22.2. The summed E-state index contributed by atoms with van der Waals surface area (Å²) in [6.07, 6.45) is -3.62. The molecule has 6 rings (SSSR count). The molecule has 2 aliphatic heterocycles. The number of hydrogen-bond acceptors (Lipinski definition) is 9. The Hall–Kier alpha value is -5.38. The molecule has 248 valence electrons. The lowest BCUT2D eigenvalue weighted by Gasteiger charge is -2.22. The first-order valence-electron chi connectivity index (χ1n) is 14.0. The number of carboxylic acids is 1. The average Bonchev–Trinajstić information content (AvgIpc) is 3.02. The summed E-state index contributed by atoms with van der Waals surface area (Å²) in [5.41, 5.74) is 9.05. The lowest BCUT2D eigenvalue weighted by molar-refractivity contribution is -0.192. The van der Waals surface area contributed by atoms with Crippen molar-refractivity contribution in [2.45, 2.75) is 37.0 Å². The molecule has 0 radical (unpaired) electrons. The van der Waals surface area contributed by atoms with Gasteiger partial charge < -0.3 is 26.2 Å². The fourth-order valence-corrected chi connectivity index (χ4v) is 5.71. The normalized spacial score (nSPS) is 15.4. The number of nitrogens with two attached hydrogens (primary N) is 1. The highest BCUT2D eigenvalue weighted by molar-refractivity contribution is 7.91. The van der Waals surface area contributed by atoms with E-state index in [1.54, 1.807) is 13.1 Å². The van der Waals surface area contributed by atoms with Crippen molar-refractivity contribution in [1.29, 1.82) is 0 Å². The number of nitrogens with zero attached hydrogens (tertiary/aromatic N) is 1. The van der Waals surface area contributed by atoms with Crippen molar-refractivity contribution in [3.63, 3.8) is 0 Å². The number of nitrogen functional groups attached to an aromatic ring is 1. The molecule has 3 heterocycles. The molecule has 0 saturated heterocycles. The van der Waals surface area contributed by atoms with E-state index in [0.717, 1.165) is 16.3 Å². The third kappa shape index (κ3) is 8.88. The molecule has 4 bridgehead atoms. The van der Waals surface area contributed by atoms with Crippen molar-refractivity contribution < 1.29 is 45.8 Å². The van der Waals surface area contributed by atoms with E-state index in [0.29, 0.717) is 34.7 Å². The molecule has 2 aliphatic rings. The van der Waals surface area contributed by atoms with E-state index >= 15 is 0 Å². The number of amides is 2. The molecule has 12 nitrogen and oxygen atoms in total. The third-order valence-electron chi connectivity index (χ3n) is 7.02. The Balaban J connectivity index is 0.000000644.